The third kappa shape index (κ3) is 3.11. The van der Waals surface area contributed by atoms with Crippen LogP contribution in [0.25, 0.3) is 0 Å². The minimum absolute atomic E-state index is 0.183. The van der Waals surface area contributed by atoms with E-state index < -0.39 is 0 Å². The molecule has 0 bridgehead atoms. The second-order valence-corrected chi connectivity index (χ2v) is 7.21. The van der Waals surface area contributed by atoms with Gasteiger partial charge in [0.25, 0.3) is 0 Å². The van der Waals surface area contributed by atoms with Gasteiger partial charge in [0.2, 0.25) is 5.91 Å². The topological polar surface area (TPSA) is 50.6 Å². The molecule has 3 aliphatic heterocycles. The Labute approximate surface area is 125 Å². The van der Waals surface area contributed by atoms with Gasteiger partial charge in [-0.1, -0.05) is 0 Å². The van der Waals surface area contributed by atoms with E-state index in [0.717, 1.165) is 52.1 Å². The predicted octanol–water partition coefficient (Wildman–Crippen LogP) is 1.34. The fraction of sp³-hybridized carbons (Fsp3) is 0.857. The van der Waals surface area contributed by atoms with E-state index in [1.54, 1.807) is 12.1 Å². The lowest BCUT2D eigenvalue weighted by atomic mass is 9.98. The molecule has 6 heteroatoms. The summed E-state index contributed by atoms with van der Waals surface area (Å²) in [5.74, 6) is 0.753. The number of nitrogens with zero attached hydrogens (tertiary/aromatic N) is 4. The van der Waals surface area contributed by atoms with Crippen LogP contribution in [0.15, 0.2) is 0 Å². The molecule has 0 spiro atoms. The molecule has 0 aromatic heterocycles. The first-order valence-corrected chi connectivity index (χ1v) is 8.35. The van der Waals surface area contributed by atoms with Crippen molar-refractivity contribution in [2.45, 2.75) is 25.7 Å². The zero-order chi connectivity index (χ0) is 13.9. The van der Waals surface area contributed by atoms with Crippen molar-refractivity contribution in [3.63, 3.8) is 0 Å². The molecule has 3 saturated heterocycles. The van der Waals surface area contributed by atoms with E-state index in [-0.39, 0.29) is 11.8 Å². The molecular formula is C14H22N4OS. The largest absolute Gasteiger partial charge is 0.342 e. The Morgan fingerprint density at radius 1 is 1.05 bits per heavy atom. The highest BCUT2D eigenvalue weighted by molar-refractivity contribution is 7.94. The van der Waals surface area contributed by atoms with Crippen molar-refractivity contribution in [2.75, 3.05) is 39.3 Å². The molecule has 0 aromatic rings. The van der Waals surface area contributed by atoms with Crippen LogP contribution in [0.4, 0.5) is 0 Å². The number of amides is 1. The normalized spacial score (nSPS) is 29.1. The summed E-state index contributed by atoms with van der Waals surface area (Å²) in [6, 6.07) is 2.30. The van der Waals surface area contributed by atoms with Gasteiger partial charge in [0.05, 0.1) is 17.9 Å². The van der Waals surface area contributed by atoms with Crippen LogP contribution < -0.4 is 0 Å². The first-order chi connectivity index (χ1) is 9.76. The molecule has 1 unspecified atom stereocenters. The second kappa shape index (κ2) is 6.33. The second-order valence-electron chi connectivity index (χ2n) is 6.01. The van der Waals surface area contributed by atoms with Gasteiger partial charge in [0, 0.05) is 51.4 Å². The number of nitriles is 1. The fourth-order valence-corrected chi connectivity index (χ4v) is 4.44. The lowest BCUT2D eigenvalue weighted by molar-refractivity contribution is -0.135. The highest BCUT2D eigenvalue weighted by Crippen LogP contribution is 2.31. The minimum Gasteiger partial charge on any atom is -0.342 e. The molecule has 0 radical (unpaired) electrons. The number of likely N-dealkylation sites (tertiary alicyclic amines) is 1. The van der Waals surface area contributed by atoms with Gasteiger partial charge in [-0.25, -0.2) is 8.61 Å². The first kappa shape index (κ1) is 14.2. The lowest BCUT2D eigenvalue weighted by Gasteiger charge is -2.40. The molecule has 5 nitrogen and oxygen atoms in total. The van der Waals surface area contributed by atoms with Crippen molar-refractivity contribution in [3.05, 3.63) is 0 Å². The molecule has 0 aromatic carbocycles. The number of carbonyl (C=O) groups excluding carboxylic acids is 1. The van der Waals surface area contributed by atoms with E-state index in [2.05, 4.69) is 14.7 Å². The van der Waals surface area contributed by atoms with Crippen molar-refractivity contribution in [1.29, 1.82) is 5.26 Å². The average Bonchev–Trinajstić information content (AvgIpc) is 2.96. The highest BCUT2D eigenvalue weighted by Gasteiger charge is 2.34. The third-order valence-corrected chi connectivity index (χ3v) is 5.50. The highest BCUT2D eigenvalue weighted by atomic mass is 32.2. The minimum atomic E-state index is 0.183. The molecule has 0 saturated carbocycles. The molecule has 3 rings (SSSR count). The van der Waals surface area contributed by atoms with Crippen LogP contribution >= 0.6 is 12.1 Å². The van der Waals surface area contributed by atoms with Gasteiger partial charge in [-0.15, -0.1) is 0 Å². The van der Waals surface area contributed by atoms with Crippen LogP contribution in [0.2, 0.25) is 0 Å². The number of hydrogen-bond acceptors (Lipinski definition) is 5. The molecule has 110 valence electrons. The predicted molar refractivity (Wildman–Crippen MR) is 78.4 cm³/mol. The van der Waals surface area contributed by atoms with Crippen LogP contribution in [-0.4, -0.2) is 58.7 Å². The summed E-state index contributed by atoms with van der Waals surface area (Å²) in [5, 5.41) is 8.80. The number of piperidine rings is 1. The maximum absolute atomic E-state index is 12.4. The fourth-order valence-electron chi connectivity index (χ4n) is 3.16. The standard InChI is InChI=1S/C14H22N4OS/c15-8-12-9-18(10-12)20-17-7-3-4-13(11-17)14(19)16-5-1-2-6-16/h12-13H,1-7,9-11H2. The van der Waals surface area contributed by atoms with Gasteiger partial charge in [-0.2, -0.15) is 5.26 Å². The number of rotatable bonds is 3. The van der Waals surface area contributed by atoms with E-state index in [1.165, 1.54) is 12.8 Å². The Kier molecular flexibility index (Phi) is 4.49. The monoisotopic (exact) mass is 294 g/mol. The molecule has 3 aliphatic rings. The lowest BCUT2D eigenvalue weighted by Crippen LogP contribution is -2.46. The summed E-state index contributed by atoms with van der Waals surface area (Å²) in [6.45, 7) is 5.57. The van der Waals surface area contributed by atoms with Gasteiger partial charge in [-0.3, -0.25) is 4.79 Å². The van der Waals surface area contributed by atoms with Gasteiger partial charge in [0.1, 0.15) is 0 Å². The molecule has 0 N–H and O–H groups in total. The van der Waals surface area contributed by atoms with E-state index in [1.807, 2.05) is 4.90 Å². The van der Waals surface area contributed by atoms with Crippen LogP contribution in [0.5, 0.6) is 0 Å². The van der Waals surface area contributed by atoms with Crippen LogP contribution in [0.3, 0.4) is 0 Å². The Morgan fingerprint density at radius 3 is 2.50 bits per heavy atom. The summed E-state index contributed by atoms with van der Waals surface area (Å²) >= 11 is 1.73. The summed E-state index contributed by atoms with van der Waals surface area (Å²) in [7, 11) is 0. The summed E-state index contributed by atoms with van der Waals surface area (Å²) < 4.78 is 4.55. The molecule has 20 heavy (non-hydrogen) atoms. The van der Waals surface area contributed by atoms with E-state index in [9.17, 15) is 4.79 Å². The van der Waals surface area contributed by atoms with Gasteiger partial charge in [0.15, 0.2) is 0 Å². The zero-order valence-corrected chi connectivity index (χ0v) is 12.6. The van der Waals surface area contributed by atoms with Gasteiger partial charge in [-0.05, 0) is 25.7 Å². The van der Waals surface area contributed by atoms with Crippen molar-refractivity contribution >= 4 is 18.0 Å². The summed E-state index contributed by atoms with van der Waals surface area (Å²) in [6.07, 6.45) is 4.47. The van der Waals surface area contributed by atoms with Crippen molar-refractivity contribution < 1.29 is 4.79 Å². The van der Waals surface area contributed by atoms with Gasteiger partial charge < -0.3 is 4.90 Å². The third-order valence-electron chi connectivity index (χ3n) is 4.41. The molecule has 3 fully saturated rings. The first-order valence-electron chi connectivity index (χ1n) is 7.62. The number of hydrogen-bond donors (Lipinski definition) is 0. The van der Waals surface area contributed by atoms with E-state index in [0.29, 0.717) is 5.91 Å². The van der Waals surface area contributed by atoms with Crippen LogP contribution in [0.1, 0.15) is 25.7 Å². The Balaban J connectivity index is 1.46. The van der Waals surface area contributed by atoms with E-state index >= 15 is 0 Å². The van der Waals surface area contributed by atoms with Crippen LogP contribution in [-0.2, 0) is 4.79 Å². The average molecular weight is 294 g/mol. The molecule has 0 aliphatic carbocycles. The Hall–Kier alpha value is -0.770. The quantitative estimate of drug-likeness (QED) is 0.735. The smallest absolute Gasteiger partial charge is 0.227 e. The SMILES string of the molecule is N#CC1CN(SN2CCCC(C(=O)N3CCCC3)C2)C1. The Morgan fingerprint density at radius 2 is 1.80 bits per heavy atom. The van der Waals surface area contributed by atoms with Crippen molar-refractivity contribution in [3.8, 4) is 6.07 Å². The molecule has 1 amide bonds. The Bertz CT molecular complexity index is 398. The van der Waals surface area contributed by atoms with Gasteiger partial charge >= 0.3 is 0 Å². The van der Waals surface area contributed by atoms with Crippen molar-refractivity contribution in [2.24, 2.45) is 11.8 Å². The summed E-state index contributed by atoms with van der Waals surface area (Å²) in [5.41, 5.74) is 0. The zero-order valence-electron chi connectivity index (χ0n) is 11.8. The van der Waals surface area contributed by atoms with Crippen LogP contribution in [0, 0.1) is 23.2 Å². The maximum Gasteiger partial charge on any atom is 0.227 e. The van der Waals surface area contributed by atoms with Crippen molar-refractivity contribution in [1.82, 2.24) is 13.5 Å². The summed E-state index contributed by atoms with van der Waals surface area (Å²) in [4.78, 5) is 14.5. The molecule has 1 atom stereocenters. The van der Waals surface area contributed by atoms with E-state index in [4.69, 9.17) is 5.26 Å². The molecule has 3 heterocycles. The molecular weight excluding hydrogens is 272 g/mol. The number of carbonyl (C=O) groups is 1. The maximum atomic E-state index is 12.4.